The standard InChI is InChI=1S/C30H41NO8/c1-22(29(36)31-25(21-38-30(31)37)20-24-14-10-9-11-15-24)28(39-23(2)33)27(35)18-17-26(34)16-12-7-5-3-4-6-8-13-19-32/h9-11,14-15,17-18,22,25,28,32H,3-8,12-13,16,19-21H2,1-2H3/t22-,25-,28-/m0/s1. The molecule has 1 saturated heterocycles. The first-order chi connectivity index (χ1) is 18.7. The van der Waals surface area contributed by atoms with E-state index >= 15 is 0 Å². The Morgan fingerprint density at radius 2 is 1.62 bits per heavy atom. The van der Waals surface area contributed by atoms with Crippen LogP contribution in [0.25, 0.3) is 0 Å². The van der Waals surface area contributed by atoms with E-state index in [1.165, 1.54) is 6.92 Å². The minimum absolute atomic E-state index is 0.0243. The number of rotatable bonds is 18. The number of allylic oxidation sites excluding steroid dienone is 1. The molecule has 214 valence electrons. The first kappa shape index (κ1) is 31.9. The summed E-state index contributed by atoms with van der Waals surface area (Å²) in [6, 6.07) is 8.77. The molecule has 9 heteroatoms. The van der Waals surface area contributed by atoms with Gasteiger partial charge in [0.05, 0.1) is 12.0 Å². The summed E-state index contributed by atoms with van der Waals surface area (Å²) in [5.74, 6) is -3.53. The first-order valence-electron chi connectivity index (χ1n) is 13.8. The summed E-state index contributed by atoms with van der Waals surface area (Å²) in [7, 11) is 0. The molecule has 1 fully saturated rings. The van der Waals surface area contributed by atoms with Crippen LogP contribution >= 0.6 is 0 Å². The summed E-state index contributed by atoms with van der Waals surface area (Å²) in [6.45, 7) is 2.80. The van der Waals surface area contributed by atoms with Crippen LogP contribution in [0.5, 0.6) is 0 Å². The predicted molar refractivity (Wildman–Crippen MR) is 145 cm³/mol. The maximum Gasteiger partial charge on any atom is 0.416 e. The van der Waals surface area contributed by atoms with Crippen LogP contribution in [0, 0.1) is 5.92 Å². The average Bonchev–Trinajstić information content (AvgIpc) is 3.28. The lowest BCUT2D eigenvalue weighted by Gasteiger charge is -2.26. The van der Waals surface area contributed by atoms with Crippen molar-refractivity contribution in [1.29, 1.82) is 0 Å². The van der Waals surface area contributed by atoms with E-state index in [-0.39, 0.29) is 19.0 Å². The normalized spacial score (nSPS) is 16.6. The average molecular weight is 544 g/mol. The fourth-order valence-electron chi connectivity index (χ4n) is 4.53. The van der Waals surface area contributed by atoms with Gasteiger partial charge in [-0.25, -0.2) is 9.69 Å². The Morgan fingerprint density at radius 1 is 1.00 bits per heavy atom. The molecule has 0 spiro atoms. The molecule has 1 N–H and O–H groups in total. The Balaban J connectivity index is 1.91. The molecule has 0 radical (unpaired) electrons. The Labute approximate surface area is 230 Å². The topological polar surface area (TPSA) is 127 Å². The van der Waals surface area contributed by atoms with Crippen LogP contribution in [-0.4, -0.2) is 64.9 Å². The van der Waals surface area contributed by atoms with Gasteiger partial charge in [0.15, 0.2) is 17.7 Å². The van der Waals surface area contributed by atoms with Gasteiger partial charge in [-0.2, -0.15) is 0 Å². The lowest BCUT2D eigenvalue weighted by atomic mass is 9.96. The molecule has 1 aliphatic rings. The number of carbonyl (C=O) groups excluding carboxylic acids is 5. The molecule has 1 heterocycles. The third kappa shape index (κ3) is 11.1. The molecule has 0 aromatic heterocycles. The SMILES string of the molecule is CC(=O)O[C@H](C(=O)C=CC(=O)CCCCCCCCCCO)[C@H](C)C(=O)N1C(=O)OC[C@@H]1Cc1ccccc1. The van der Waals surface area contributed by atoms with Gasteiger partial charge in [0, 0.05) is 20.0 Å². The highest BCUT2D eigenvalue weighted by Crippen LogP contribution is 2.23. The highest BCUT2D eigenvalue weighted by molar-refractivity contribution is 6.04. The van der Waals surface area contributed by atoms with Crippen LogP contribution in [0.4, 0.5) is 4.79 Å². The number of hydrogen-bond acceptors (Lipinski definition) is 8. The van der Waals surface area contributed by atoms with Crippen molar-refractivity contribution in [3.05, 3.63) is 48.0 Å². The fourth-order valence-corrected chi connectivity index (χ4v) is 4.53. The van der Waals surface area contributed by atoms with Gasteiger partial charge in [-0.15, -0.1) is 0 Å². The molecular weight excluding hydrogens is 502 g/mol. The zero-order valence-corrected chi connectivity index (χ0v) is 23.0. The van der Waals surface area contributed by atoms with Crippen molar-refractivity contribution in [3.63, 3.8) is 0 Å². The van der Waals surface area contributed by atoms with Crippen molar-refractivity contribution in [3.8, 4) is 0 Å². The quantitative estimate of drug-likeness (QED) is 0.165. The Kier molecular flexibility index (Phi) is 14.1. The number of aliphatic hydroxyl groups is 1. The molecule has 1 aliphatic heterocycles. The van der Waals surface area contributed by atoms with Gasteiger partial charge in [-0.3, -0.25) is 19.2 Å². The van der Waals surface area contributed by atoms with Gasteiger partial charge in [0.25, 0.3) is 0 Å². The van der Waals surface area contributed by atoms with E-state index in [1.54, 1.807) is 0 Å². The molecule has 9 nitrogen and oxygen atoms in total. The highest BCUT2D eigenvalue weighted by Gasteiger charge is 2.43. The Morgan fingerprint density at radius 3 is 2.23 bits per heavy atom. The molecule has 2 rings (SSSR count). The van der Waals surface area contributed by atoms with Crippen LogP contribution < -0.4 is 0 Å². The second kappa shape index (κ2) is 17.3. The van der Waals surface area contributed by atoms with Gasteiger partial charge in [-0.05, 0) is 43.9 Å². The second-order valence-corrected chi connectivity index (χ2v) is 9.95. The van der Waals surface area contributed by atoms with Crippen molar-refractivity contribution < 1.29 is 38.6 Å². The van der Waals surface area contributed by atoms with E-state index in [1.807, 2.05) is 30.3 Å². The highest BCUT2D eigenvalue weighted by atomic mass is 16.6. The molecule has 2 amide bonds. The van der Waals surface area contributed by atoms with Gasteiger partial charge >= 0.3 is 12.1 Å². The lowest BCUT2D eigenvalue weighted by molar-refractivity contribution is -0.158. The van der Waals surface area contributed by atoms with Crippen LogP contribution in [0.2, 0.25) is 0 Å². The predicted octanol–water partition coefficient (Wildman–Crippen LogP) is 4.34. The van der Waals surface area contributed by atoms with E-state index in [9.17, 15) is 24.0 Å². The molecule has 0 aliphatic carbocycles. The van der Waals surface area contributed by atoms with Crippen molar-refractivity contribution in [1.82, 2.24) is 4.90 Å². The molecule has 39 heavy (non-hydrogen) atoms. The number of hydrogen-bond donors (Lipinski definition) is 1. The Bertz CT molecular complexity index is 990. The van der Waals surface area contributed by atoms with Gasteiger partial charge in [-0.1, -0.05) is 68.9 Å². The molecule has 1 aromatic carbocycles. The number of nitrogens with zero attached hydrogens (tertiary/aromatic N) is 1. The third-order valence-corrected chi connectivity index (χ3v) is 6.69. The van der Waals surface area contributed by atoms with Crippen LogP contribution in [0.1, 0.15) is 77.2 Å². The number of cyclic esters (lactones) is 1. The van der Waals surface area contributed by atoms with Crippen LogP contribution in [0.3, 0.4) is 0 Å². The number of imide groups is 1. The summed E-state index contributed by atoms with van der Waals surface area (Å²) < 4.78 is 10.3. The summed E-state index contributed by atoms with van der Waals surface area (Å²) in [5, 5.41) is 8.78. The van der Waals surface area contributed by atoms with Crippen molar-refractivity contribution in [2.75, 3.05) is 13.2 Å². The Hall–Kier alpha value is -3.33. The molecular formula is C30H41NO8. The van der Waals surface area contributed by atoms with E-state index < -0.39 is 41.8 Å². The van der Waals surface area contributed by atoms with Crippen LogP contribution in [0.15, 0.2) is 42.5 Å². The number of carbonyl (C=O) groups is 5. The summed E-state index contributed by atoms with van der Waals surface area (Å²) in [4.78, 5) is 63.6. The zero-order chi connectivity index (χ0) is 28.6. The van der Waals surface area contributed by atoms with Crippen molar-refractivity contribution in [2.24, 2.45) is 5.92 Å². The second-order valence-electron chi connectivity index (χ2n) is 9.95. The molecule has 0 saturated carbocycles. The maximum absolute atomic E-state index is 13.3. The maximum atomic E-state index is 13.3. The van der Waals surface area contributed by atoms with Gasteiger partial charge in [0.2, 0.25) is 5.91 Å². The molecule has 0 unspecified atom stereocenters. The number of ether oxygens (including phenoxy) is 2. The minimum Gasteiger partial charge on any atom is -0.453 e. The van der Waals surface area contributed by atoms with E-state index in [0.29, 0.717) is 19.3 Å². The summed E-state index contributed by atoms with van der Waals surface area (Å²) >= 11 is 0. The molecule has 1 aromatic rings. The number of amides is 2. The number of esters is 1. The van der Waals surface area contributed by atoms with Crippen molar-refractivity contribution in [2.45, 2.75) is 90.2 Å². The van der Waals surface area contributed by atoms with Gasteiger partial charge < -0.3 is 14.6 Å². The summed E-state index contributed by atoms with van der Waals surface area (Å²) in [5.41, 5.74) is 0.915. The minimum atomic E-state index is -1.48. The smallest absolute Gasteiger partial charge is 0.416 e. The van der Waals surface area contributed by atoms with Crippen LogP contribution in [-0.2, 0) is 35.1 Å². The largest absolute Gasteiger partial charge is 0.453 e. The lowest BCUT2D eigenvalue weighted by Crippen LogP contribution is -2.48. The molecule has 0 bridgehead atoms. The fraction of sp³-hybridized carbons (Fsp3) is 0.567. The number of benzene rings is 1. The van der Waals surface area contributed by atoms with E-state index in [2.05, 4.69) is 0 Å². The monoisotopic (exact) mass is 543 g/mol. The summed E-state index contributed by atoms with van der Waals surface area (Å²) in [6.07, 6.45) is 8.39. The molecule has 3 atom stereocenters. The first-order valence-corrected chi connectivity index (χ1v) is 13.8. The number of unbranched alkanes of at least 4 members (excludes halogenated alkanes) is 7. The number of ketones is 2. The van der Waals surface area contributed by atoms with Gasteiger partial charge in [0.1, 0.15) is 6.61 Å². The zero-order valence-electron chi connectivity index (χ0n) is 23.0. The van der Waals surface area contributed by atoms with Crippen molar-refractivity contribution >= 4 is 29.5 Å². The third-order valence-electron chi connectivity index (χ3n) is 6.69. The number of aliphatic hydroxyl groups excluding tert-OH is 1. The van der Waals surface area contributed by atoms with E-state index in [0.717, 1.165) is 74.5 Å². The van der Waals surface area contributed by atoms with E-state index in [4.69, 9.17) is 14.6 Å².